The highest BCUT2D eigenvalue weighted by Crippen LogP contribution is 2.12. The van der Waals surface area contributed by atoms with Gasteiger partial charge < -0.3 is 5.73 Å². The largest absolute Gasteiger partial charge is 0.367 e. The normalized spacial score (nSPS) is 12.2. The number of hydrazone groups is 1. The predicted octanol–water partition coefficient (Wildman–Crippen LogP) is 3.27. The molecule has 112 valence electrons. The summed E-state index contributed by atoms with van der Waals surface area (Å²) in [5.74, 6) is 0.0478. The van der Waals surface area contributed by atoms with Gasteiger partial charge in [-0.3, -0.25) is 0 Å². The molecule has 3 N–H and O–H groups in total. The zero-order valence-electron chi connectivity index (χ0n) is 11.4. The topological polar surface area (TPSA) is 75.1 Å². The Bertz CT molecular complexity index is 725. The lowest BCUT2D eigenvalue weighted by molar-refractivity contribution is 0.994. The quantitative estimate of drug-likeness (QED) is 0.512. The maximum Gasteiger partial charge on any atom is 0.234 e. The van der Waals surface area contributed by atoms with Gasteiger partial charge in [-0.2, -0.15) is 10.2 Å². The molecule has 22 heavy (non-hydrogen) atoms. The lowest BCUT2D eigenvalue weighted by Gasteiger charge is -1.98. The molecule has 0 atom stereocenters. The smallest absolute Gasteiger partial charge is 0.234 e. The molecule has 0 bridgehead atoms. The zero-order chi connectivity index (χ0) is 15.8. The number of hydrogen-bond acceptors (Lipinski definition) is 3. The van der Waals surface area contributed by atoms with Crippen LogP contribution in [0.5, 0.6) is 0 Å². The fourth-order valence-electron chi connectivity index (χ4n) is 1.50. The summed E-state index contributed by atoms with van der Waals surface area (Å²) in [6, 6.07) is 14.6. The van der Waals surface area contributed by atoms with Gasteiger partial charge in [-0.05, 0) is 12.1 Å². The molecule has 2 aromatic rings. The van der Waals surface area contributed by atoms with Gasteiger partial charge in [0.1, 0.15) is 0 Å². The Balaban J connectivity index is 1.93. The number of guanidine groups is 1. The Morgan fingerprint density at radius 2 is 1.45 bits per heavy atom. The molecule has 0 aliphatic heterocycles. The summed E-state index contributed by atoms with van der Waals surface area (Å²) in [6.07, 6.45) is 3.05. The van der Waals surface area contributed by atoms with Crippen LogP contribution in [0.3, 0.4) is 0 Å². The van der Waals surface area contributed by atoms with Crippen molar-refractivity contribution in [2.24, 2.45) is 21.0 Å². The summed E-state index contributed by atoms with van der Waals surface area (Å²) in [7, 11) is 0. The Morgan fingerprint density at radius 1 is 0.909 bits per heavy atom. The first-order chi connectivity index (χ1) is 10.7. The van der Waals surface area contributed by atoms with Gasteiger partial charge in [0.25, 0.3) is 0 Å². The molecule has 0 aliphatic rings. The average Bonchev–Trinajstić information content (AvgIpc) is 2.51. The monoisotopic (exact) mass is 333 g/mol. The van der Waals surface area contributed by atoms with Crippen LogP contribution in [0.15, 0.2) is 63.8 Å². The van der Waals surface area contributed by atoms with Crippen LogP contribution in [0.2, 0.25) is 10.0 Å². The fraction of sp³-hybridized carbons (Fsp3) is 0. The van der Waals surface area contributed by atoms with Gasteiger partial charge in [0, 0.05) is 21.2 Å². The second-order valence-electron chi connectivity index (χ2n) is 4.14. The third-order valence-electron chi connectivity index (χ3n) is 2.56. The maximum atomic E-state index is 5.99. The highest BCUT2D eigenvalue weighted by molar-refractivity contribution is 6.33. The SMILES string of the molecule is N/C(=N/N=C\c1ccccc1Cl)N/N=C/c1ccccc1Cl. The van der Waals surface area contributed by atoms with Crippen molar-refractivity contribution < 1.29 is 0 Å². The molecule has 0 aromatic heterocycles. The summed E-state index contributed by atoms with van der Waals surface area (Å²) >= 11 is 12.0. The van der Waals surface area contributed by atoms with E-state index >= 15 is 0 Å². The molecule has 2 aromatic carbocycles. The second-order valence-corrected chi connectivity index (χ2v) is 4.96. The lowest BCUT2D eigenvalue weighted by Crippen LogP contribution is -2.26. The van der Waals surface area contributed by atoms with E-state index in [-0.39, 0.29) is 5.96 Å². The maximum absolute atomic E-state index is 5.99. The van der Waals surface area contributed by atoms with Crippen LogP contribution in [0.1, 0.15) is 11.1 Å². The van der Waals surface area contributed by atoms with Crippen molar-refractivity contribution in [3.8, 4) is 0 Å². The molecule has 0 saturated heterocycles. The van der Waals surface area contributed by atoms with Gasteiger partial charge in [-0.25, -0.2) is 5.43 Å². The summed E-state index contributed by atoms with van der Waals surface area (Å²) in [6.45, 7) is 0. The van der Waals surface area contributed by atoms with Gasteiger partial charge in [0.2, 0.25) is 5.96 Å². The van der Waals surface area contributed by atoms with Crippen molar-refractivity contribution in [1.29, 1.82) is 0 Å². The molecule has 0 amide bonds. The second kappa shape index (κ2) is 8.17. The van der Waals surface area contributed by atoms with E-state index in [1.54, 1.807) is 18.3 Å². The third-order valence-corrected chi connectivity index (χ3v) is 3.24. The molecule has 0 unspecified atom stereocenters. The Morgan fingerprint density at radius 3 is 2.05 bits per heavy atom. The molecular weight excluding hydrogens is 321 g/mol. The first kappa shape index (κ1) is 16.0. The number of nitrogens with zero attached hydrogens (tertiary/aromatic N) is 3. The molecule has 0 aliphatic carbocycles. The fourth-order valence-corrected chi connectivity index (χ4v) is 1.87. The van der Waals surface area contributed by atoms with Crippen LogP contribution in [0.25, 0.3) is 0 Å². The first-order valence-electron chi connectivity index (χ1n) is 6.31. The van der Waals surface area contributed by atoms with Crippen LogP contribution in [0.4, 0.5) is 0 Å². The molecule has 5 nitrogen and oxygen atoms in total. The number of nitrogens with one attached hydrogen (secondary N) is 1. The molecule has 0 heterocycles. The van der Waals surface area contributed by atoms with Crippen LogP contribution in [-0.4, -0.2) is 18.4 Å². The minimum atomic E-state index is 0.0478. The van der Waals surface area contributed by atoms with Gasteiger partial charge >= 0.3 is 0 Å². The molecule has 0 spiro atoms. The predicted molar refractivity (Wildman–Crippen MR) is 92.9 cm³/mol. The van der Waals surface area contributed by atoms with Crippen molar-refractivity contribution in [2.45, 2.75) is 0 Å². The van der Waals surface area contributed by atoms with Gasteiger partial charge in [-0.15, -0.1) is 5.10 Å². The molecule has 0 saturated carbocycles. The standard InChI is InChI=1S/C15H13Cl2N5/c16-13-7-3-1-5-11(13)9-19-21-15(18)22-20-10-12-6-2-4-8-14(12)17/h1-10H,(H3,18,21,22)/b19-9-,20-10+. The summed E-state index contributed by atoms with van der Waals surface area (Å²) in [5.41, 5.74) is 9.69. The highest BCUT2D eigenvalue weighted by Gasteiger charge is 1.95. The molecule has 0 radical (unpaired) electrons. The van der Waals surface area contributed by atoms with E-state index in [1.165, 1.54) is 6.21 Å². The van der Waals surface area contributed by atoms with E-state index in [9.17, 15) is 0 Å². The molecule has 2 rings (SSSR count). The summed E-state index contributed by atoms with van der Waals surface area (Å²) < 4.78 is 0. The van der Waals surface area contributed by atoms with Crippen molar-refractivity contribution in [3.05, 3.63) is 69.7 Å². The minimum absolute atomic E-state index is 0.0478. The third kappa shape index (κ3) is 4.87. The van der Waals surface area contributed by atoms with E-state index < -0.39 is 0 Å². The van der Waals surface area contributed by atoms with Gasteiger partial charge in [0.05, 0.1) is 12.4 Å². The molecule has 0 fully saturated rings. The molecule has 7 heteroatoms. The average molecular weight is 334 g/mol. The number of hydrogen-bond donors (Lipinski definition) is 2. The van der Waals surface area contributed by atoms with E-state index in [4.69, 9.17) is 28.9 Å². The number of benzene rings is 2. The van der Waals surface area contributed by atoms with E-state index in [2.05, 4.69) is 20.7 Å². The first-order valence-corrected chi connectivity index (χ1v) is 7.07. The minimum Gasteiger partial charge on any atom is -0.367 e. The van der Waals surface area contributed by atoms with Crippen LogP contribution in [-0.2, 0) is 0 Å². The zero-order valence-corrected chi connectivity index (χ0v) is 13.0. The number of nitrogens with two attached hydrogens (primary N) is 1. The summed E-state index contributed by atoms with van der Waals surface area (Å²) in [5, 5.41) is 12.7. The Hall–Kier alpha value is -2.37. The summed E-state index contributed by atoms with van der Waals surface area (Å²) in [4.78, 5) is 0. The van der Waals surface area contributed by atoms with Crippen LogP contribution in [0, 0.1) is 0 Å². The van der Waals surface area contributed by atoms with Gasteiger partial charge in [0.15, 0.2) is 0 Å². The van der Waals surface area contributed by atoms with Crippen molar-refractivity contribution in [1.82, 2.24) is 5.43 Å². The van der Waals surface area contributed by atoms with Gasteiger partial charge in [-0.1, -0.05) is 59.6 Å². The molecular formula is C15H13Cl2N5. The van der Waals surface area contributed by atoms with E-state index in [0.29, 0.717) is 10.0 Å². The van der Waals surface area contributed by atoms with Crippen LogP contribution >= 0.6 is 23.2 Å². The van der Waals surface area contributed by atoms with Crippen molar-refractivity contribution in [2.75, 3.05) is 0 Å². The van der Waals surface area contributed by atoms with Crippen molar-refractivity contribution in [3.63, 3.8) is 0 Å². The Labute approximate surface area is 138 Å². The van der Waals surface area contributed by atoms with E-state index in [0.717, 1.165) is 11.1 Å². The highest BCUT2D eigenvalue weighted by atomic mass is 35.5. The number of halogens is 2. The lowest BCUT2D eigenvalue weighted by atomic mass is 10.2. The number of rotatable bonds is 4. The van der Waals surface area contributed by atoms with Crippen molar-refractivity contribution >= 4 is 41.6 Å². The Kier molecular flexibility index (Phi) is 5.94. The van der Waals surface area contributed by atoms with Crippen LogP contribution < -0.4 is 11.2 Å². The van der Waals surface area contributed by atoms with E-state index in [1.807, 2.05) is 36.4 Å².